The highest BCUT2D eigenvalue weighted by molar-refractivity contribution is 5.97. The molecule has 8 heteroatoms. The average Bonchev–Trinajstić information content (AvgIpc) is 2.83. The summed E-state index contributed by atoms with van der Waals surface area (Å²) in [6, 6.07) is 12.6. The summed E-state index contributed by atoms with van der Waals surface area (Å²) in [5.74, 6) is -1.27. The predicted octanol–water partition coefficient (Wildman–Crippen LogP) is 3.07. The molecule has 0 heterocycles. The van der Waals surface area contributed by atoms with Gasteiger partial charge in [-0.05, 0) is 68.3 Å². The first-order valence-corrected chi connectivity index (χ1v) is 11.2. The molecule has 0 unspecified atom stereocenters. The van der Waals surface area contributed by atoms with Crippen molar-refractivity contribution in [2.75, 3.05) is 19.7 Å². The van der Waals surface area contributed by atoms with E-state index in [4.69, 9.17) is 10.5 Å². The molecule has 2 aromatic rings. The number of hydrogen-bond acceptors (Lipinski definition) is 5. The molecule has 0 aliphatic rings. The molecule has 0 fully saturated rings. The molecule has 3 amide bonds. The zero-order valence-electron chi connectivity index (χ0n) is 18.9. The molecule has 0 saturated carbocycles. The Morgan fingerprint density at radius 3 is 1.48 bits per heavy atom. The van der Waals surface area contributed by atoms with Crippen LogP contribution in [0, 0.1) is 0 Å². The lowest BCUT2D eigenvalue weighted by molar-refractivity contribution is 0.0525. The fraction of sp³-hybridized carbons (Fsp3) is 0.360. The van der Waals surface area contributed by atoms with E-state index >= 15 is 0 Å². The number of ether oxygens (including phenoxy) is 1. The lowest BCUT2D eigenvalue weighted by atomic mass is 10.1. The van der Waals surface area contributed by atoms with Crippen LogP contribution in [0.5, 0.6) is 0 Å². The molecule has 8 nitrogen and oxygen atoms in total. The van der Waals surface area contributed by atoms with Crippen molar-refractivity contribution in [3.8, 4) is 0 Å². The second kappa shape index (κ2) is 13.7. The molecule has 0 atom stereocenters. The first-order chi connectivity index (χ1) is 15.9. The van der Waals surface area contributed by atoms with Gasteiger partial charge in [-0.3, -0.25) is 14.4 Å². The Kier molecular flexibility index (Phi) is 10.6. The van der Waals surface area contributed by atoms with Gasteiger partial charge in [0.15, 0.2) is 0 Å². The van der Waals surface area contributed by atoms with E-state index in [-0.39, 0.29) is 11.8 Å². The number of hydrogen-bond donors (Lipinski definition) is 3. The summed E-state index contributed by atoms with van der Waals surface area (Å²) in [6.45, 7) is 3.21. The van der Waals surface area contributed by atoms with Gasteiger partial charge in [0.1, 0.15) is 0 Å². The minimum absolute atomic E-state index is 0.169. The van der Waals surface area contributed by atoms with Crippen LogP contribution in [0.4, 0.5) is 0 Å². The quantitative estimate of drug-likeness (QED) is 0.317. The average molecular weight is 454 g/mol. The SMILES string of the molecule is CCOC(=O)c1ccc(C(=O)NCCCCCCCNC(=O)c2ccc(C(N)=O)cc2)cc1. The summed E-state index contributed by atoms with van der Waals surface area (Å²) in [5.41, 5.74) is 6.97. The number of nitrogens with one attached hydrogen (secondary N) is 2. The normalized spacial score (nSPS) is 10.3. The van der Waals surface area contributed by atoms with E-state index in [0.717, 1.165) is 32.1 Å². The number of benzene rings is 2. The second-order valence-electron chi connectivity index (χ2n) is 7.52. The van der Waals surface area contributed by atoms with E-state index in [9.17, 15) is 19.2 Å². The molecule has 0 aliphatic carbocycles. The summed E-state index contributed by atoms with van der Waals surface area (Å²) in [7, 11) is 0. The number of amides is 3. The molecule has 0 bridgehead atoms. The summed E-state index contributed by atoms with van der Waals surface area (Å²) >= 11 is 0. The van der Waals surface area contributed by atoms with Crippen LogP contribution in [0.1, 0.15) is 80.5 Å². The molecule has 0 aromatic heterocycles. The van der Waals surface area contributed by atoms with Crippen LogP contribution in [0.2, 0.25) is 0 Å². The van der Waals surface area contributed by atoms with Crippen molar-refractivity contribution in [1.29, 1.82) is 0 Å². The zero-order chi connectivity index (χ0) is 24.1. The molecule has 0 radical (unpaired) electrons. The molecule has 2 aromatic carbocycles. The van der Waals surface area contributed by atoms with Gasteiger partial charge in [-0.1, -0.05) is 19.3 Å². The standard InChI is InChI=1S/C25H31N3O5/c1-2-33-25(32)21-14-12-20(13-15-21)24(31)28-17-7-5-3-4-6-16-27-23(30)19-10-8-18(9-11-19)22(26)29/h8-15H,2-7,16-17H2,1H3,(H2,26,29)(H,27,30)(H,28,31). The molecule has 2 rings (SSSR count). The maximum Gasteiger partial charge on any atom is 0.338 e. The Balaban J connectivity index is 1.53. The highest BCUT2D eigenvalue weighted by Crippen LogP contribution is 2.07. The maximum absolute atomic E-state index is 12.2. The van der Waals surface area contributed by atoms with Gasteiger partial charge in [0.25, 0.3) is 11.8 Å². The van der Waals surface area contributed by atoms with Gasteiger partial charge < -0.3 is 21.1 Å². The van der Waals surface area contributed by atoms with Crippen LogP contribution in [0.3, 0.4) is 0 Å². The number of carbonyl (C=O) groups excluding carboxylic acids is 4. The van der Waals surface area contributed by atoms with Gasteiger partial charge in [-0.15, -0.1) is 0 Å². The van der Waals surface area contributed by atoms with Crippen molar-refractivity contribution in [3.05, 3.63) is 70.8 Å². The van der Waals surface area contributed by atoms with Crippen molar-refractivity contribution in [2.24, 2.45) is 5.73 Å². The minimum atomic E-state index is -0.522. The van der Waals surface area contributed by atoms with Crippen LogP contribution < -0.4 is 16.4 Å². The van der Waals surface area contributed by atoms with Crippen LogP contribution in [-0.2, 0) is 4.74 Å². The van der Waals surface area contributed by atoms with Gasteiger partial charge in [0.05, 0.1) is 12.2 Å². The van der Waals surface area contributed by atoms with E-state index in [2.05, 4.69) is 10.6 Å². The lowest BCUT2D eigenvalue weighted by Crippen LogP contribution is -2.25. The first-order valence-electron chi connectivity index (χ1n) is 11.2. The van der Waals surface area contributed by atoms with Gasteiger partial charge in [0.2, 0.25) is 5.91 Å². The highest BCUT2D eigenvalue weighted by Gasteiger charge is 2.09. The van der Waals surface area contributed by atoms with E-state index in [1.165, 1.54) is 12.1 Å². The van der Waals surface area contributed by atoms with Crippen LogP contribution in [0.25, 0.3) is 0 Å². The monoisotopic (exact) mass is 453 g/mol. The molecule has 0 spiro atoms. The molecule has 4 N–H and O–H groups in total. The fourth-order valence-corrected chi connectivity index (χ4v) is 3.15. The number of carbonyl (C=O) groups is 4. The van der Waals surface area contributed by atoms with Crippen LogP contribution in [-0.4, -0.2) is 43.4 Å². The summed E-state index contributed by atoms with van der Waals surface area (Å²) in [5, 5.41) is 5.74. The van der Waals surface area contributed by atoms with Gasteiger partial charge in [0, 0.05) is 29.8 Å². The number of rotatable bonds is 13. The number of primary amides is 1. The van der Waals surface area contributed by atoms with E-state index in [1.807, 2.05) is 0 Å². The smallest absolute Gasteiger partial charge is 0.338 e. The van der Waals surface area contributed by atoms with E-state index in [1.54, 1.807) is 43.3 Å². The number of esters is 1. The van der Waals surface area contributed by atoms with Gasteiger partial charge in [-0.25, -0.2) is 4.79 Å². The third kappa shape index (κ3) is 8.76. The molecule has 176 valence electrons. The Morgan fingerprint density at radius 2 is 1.06 bits per heavy atom. The zero-order valence-corrected chi connectivity index (χ0v) is 18.9. The van der Waals surface area contributed by atoms with Crippen molar-refractivity contribution in [3.63, 3.8) is 0 Å². The van der Waals surface area contributed by atoms with Gasteiger partial charge >= 0.3 is 5.97 Å². The van der Waals surface area contributed by atoms with Crippen LogP contribution in [0.15, 0.2) is 48.5 Å². The summed E-state index contributed by atoms with van der Waals surface area (Å²) in [6.07, 6.45) is 4.69. The Morgan fingerprint density at radius 1 is 0.667 bits per heavy atom. The van der Waals surface area contributed by atoms with E-state index < -0.39 is 11.9 Å². The van der Waals surface area contributed by atoms with Crippen molar-refractivity contribution in [2.45, 2.75) is 39.0 Å². The maximum atomic E-state index is 12.2. The molecular weight excluding hydrogens is 422 g/mol. The molecular formula is C25H31N3O5. The Labute approximate surface area is 193 Å². The van der Waals surface area contributed by atoms with Crippen molar-refractivity contribution < 1.29 is 23.9 Å². The van der Waals surface area contributed by atoms with Crippen molar-refractivity contribution in [1.82, 2.24) is 10.6 Å². The highest BCUT2D eigenvalue weighted by atomic mass is 16.5. The first kappa shape index (κ1) is 25.6. The molecule has 0 saturated heterocycles. The topological polar surface area (TPSA) is 128 Å². The fourth-order valence-electron chi connectivity index (χ4n) is 3.15. The molecule has 33 heavy (non-hydrogen) atoms. The third-order valence-electron chi connectivity index (χ3n) is 5.01. The summed E-state index contributed by atoms with van der Waals surface area (Å²) < 4.78 is 4.92. The number of unbranched alkanes of at least 4 members (excludes halogenated alkanes) is 4. The predicted molar refractivity (Wildman–Crippen MR) is 125 cm³/mol. The third-order valence-corrected chi connectivity index (χ3v) is 5.01. The van der Waals surface area contributed by atoms with Crippen molar-refractivity contribution >= 4 is 23.7 Å². The number of nitrogens with two attached hydrogens (primary N) is 1. The largest absolute Gasteiger partial charge is 0.462 e. The lowest BCUT2D eigenvalue weighted by Gasteiger charge is -2.07. The summed E-state index contributed by atoms with van der Waals surface area (Å²) in [4.78, 5) is 46.9. The molecule has 0 aliphatic heterocycles. The second-order valence-corrected chi connectivity index (χ2v) is 7.52. The van der Waals surface area contributed by atoms with Crippen LogP contribution >= 0.6 is 0 Å². The Hall–Kier alpha value is -3.68. The van der Waals surface area contributed by atoms with E-state index in [0.29, 0.717) is 42.0 Å². The Bertz CT molecular complexity index is 940. The van der Waals surface area contributed by atoms with Gasteiger partial charge in [-0.2, -0.15) is 0 Å². The minimum Gasteiger partial charge on any atom is -0.462 e.